The second-order valence-corrected chi connectivity index (χ2v) is 4.13. The van der Waals surface area contributed by atoms with Gasteiger partial charge in [-0.15, -0.1) is 0 Å². The number of carbonyl (C=O) groups is 1. The van der Waals surface area contributed by atoms with Gasteiger partial charge in [0.2, 0.25) is 0 Å². The maximum absolute atomic E-state index is 10.4. The summed E-state index contributed by atoms with van der Waals surface area (Å²) in [6.07, 6.45) is 3.45. The monoisotopic (exact) mass is 258 g/mol. The molecule has 0 aliphatic heterocycles. The lowest BCUT2D eigenvalue weighted by atomic mass is 9.92. The van der Waals surface area contributed by atoms with E-state index in [1.54, 1.807) is 14.2 Å². The molecule has 0 saturated carbocycles. The van der Waals surface area contributed by atoms with Gasteiger partial charge in [-0.25, -0.2) is 4.79 Å². The van der Waals surface area contributed by atoms with Crippen LogP contribution in [0.5, 0.6) is 11.5 Å². The number of hydrogen-bond acceptors (Lipinski definition) is 3. The van der Waals surface area contributed by atoms with E-state index in [-0.39, 0.29) is 0 Å². The maximum atomic E-state index is 10.4. The summed E-state index contributed by atoms with van der Waals surface area (Å²) in [5, 5.41) is 8.55. The third-order valence-electron chi connectivity index (χ3n) is 2.97. The zero-order chi connectivity index (χ0) is 13.8. The van der Waals surface area contributed by atoms with E-state index in [1.165, 1.54) is 0 Å². The highest BCUT2D eigenvalue weighted by Crippen LogP contribution is 2.34. The van der Waals surface area contributed by atoms with E-state index >= 15 is 0 Å². The predicted octanol–water partition coefficient (Wildman–Crippen LogP) is 2.12. The number of methoxy groups -OCH3 is 2. The largest absolute Gasteiger partial charge is 0.493 e. The molecule has 1 aliphatic carbocycles. The van der Waals surface area contributed by atoms with Crippen molar-refractivity contribution in [2.24, 2.45) is 0 Å². The van der Waals surface area contributed by atoms with Crippen LogP contribution in [0.3, 0.4) is 0 Å². The van der Waals surface area contributed by atoms with Gasteiger partial charge in [0, 0.05) is 11.5 Å². The second kappa shape index (κ2) is 5.49. The van der Waals surface area contributed by atoms with Crippen molar-refractivity contribution >= 4 is 12.0 Å². The van der Waals surface area contributed by atoms with E-state index in [4.69, 9.17) is 14.6 Å². The van der Waals surface area contributed by atoms with Gasteiger partial charge in [0.15, 0.2) is 11.5 Å². The number of carboxylic acid groups (broad SMARTS) is 1. The molecule has 0 aromatic heterocycles. The molecule has 1 aromatic carbocycles. The molecular weight excluding hydrogens is 244 g/mol. The van der Waals surface area contributed by atoms with E-state index in [0.717, 1.165) is 29.5 Å². The topological polar surface area (TPSA) is 55.8 Å². The molecule has 0 spiro atoms. The molecule has 0 atom stereocenters. The van der Waals surface area contributed by atoms with Crippen molar-refractivity contribution in [1.82, 2.24) is 0 Å². The number of allylic oxidation sites excluding steroid dienone is 1. The van der Waals surface area contributed by atoms with Crippen molar-refractivity contribution in [2.45, 2.75) is 12.8 Å². The van der Waals surface area contributed by atoms with Crippen LogP contribution in [0.1, 0.15) is 17.5 Å². The van der Waals surface area contributed by atoms with Crippen molar-refractivity contribution in [1.29, 1.82) is 0 Å². The molecule has 2 rings (SSSR count). The predicted molar refractivity (Wildman–Crippen MR) is 71.3 cm³/mol. The lowest BCUT2D eigenvalue weighted by Gasteiger charge is -2.16. The summed E-state index contributed by atoms with van der Waals surface area (Å²) in [6, 6.07) is 3.84. The van der Waals surface area contributed by atoms with Crippen molar-refractivity contribution in [3.63, 3.8) is 0 Å². The van der Waals surface area contributed by atoms with Crippen molar-refractivity contribution < 1.29 is 19.4 Å². The maximum Gasteiger partial charge on any atom is 0.382 e. The van der Waals surface area contributed by atoms with Gasteiger partial charge in [-0.1, -0.05) is 5.92 Å². The minimum atomic E-state index is -1.11. The van der Waals surface area contributed by atoms with Crippen molar-refractivity contribution in [3.8, 4) is 23.3 Å². The standard InChI is InChI=1S/C15H14O4/c1-18-13-8-11-5-3-10(4-6-15(16)17)7-12(11)9-14(13)19-2/h7-9H,3,5H2,1-2H3,(H,16,17). The molecule has 98 valence electrons. The highest BCUT2D eigenvalue weighted by molar-refractivity contribution is 5.87. The van der Waals surface area contributed by atoms with Crippen LogP contribution < -0.4 is 9.47 Å². The lowest BCUT2D eigenvalue weighted by Crippen LogP contribution is -2.01. The van der Waals surface area contributed by atoms with E-state index in [2.05, 4.69) is 11.8 Å². The Labute approximate surface area is 111 Å². The molecule has 1 N–H and O–H groups in total. The second-order valence-electron chi connectivity index (χ2n) is 4.13. The first kappa shape index (κ1) is 13.0. The van der Waals surface area contributed by atoms with Crippen LogP contribution in [0.25, 0.3) is 6.08 Å². The Morgan fingerprint density at radius 3 is 2.53 bits per heavy atom. The van der Waals surface area contributed by atoms with Crippen LogP contribution in [0.15, 0.2) is 17.7 Å². The van der Waals surface area contributed by atoms with E-state index in [1.807, 2.05) is 18.2 Å². The highest BCUT2D eigenvalue weighted by atomic mass is 16.5. The molecule has 4 heteroatoms. The number of aryl methyl sites for hydroxylation is 1. The third-order valence-corrected chi connectivity index (χ3v) is 2.97. The fourth-order valence-corrected chi connectivity index (χ4v) is 2.05. The molecule has 0 bridgehead atoms. The summed E-state index contributed by atoms with van der Waals surface area (Å²) in [5.41, 5.74) is 2.97. The number of carboxylic acids is 1. The van der Waals surface area contributed by atoms with Crippen LogP contribution in [0.2, 0.25) is 0 Å². The Morgan fingerprint density at radius 1 is 1.21 bits per heavy atom. The zero-order valence-electron chi connectivity index (χ0n) is 10.8. The van der Waals surface area contributed by atoms with Gasteiger partial charge in [0.1, 0.15) is 0 Å². The van der Waals surface area contributed by atoms with Gasteiger partial charge in [-0.3, -0.25) is 0 Å². The first-order valence-electron chi connectivity index (χ1n) is 5.84. The van der Waals surface area contributed by atoms with Gasteiger partial charge in [-0.2, -0.15) is 0 Å². The number of rotatable bonds is 2. The number of hydrogen-bond donors (Lipinski definition) is 1. The average molecular weight is 258 g/mol. The van der Waals surface area contributed by atoms with E-state index in [9.17, 15) is 4.79 Å². The van der Waals surface area contributed by atoms with Crippen LogP contribution in [0, 0.1) is 11.8 Å². The minimum Gasteiger partial charge on any atom is -0.493 e. The Bertz CT molecular complexity index is 603. The molecule has 0 radical (unpaired) electrons. The molecule has 19 heavy (non-hydrogen) atoms. The molecular formula is C15H14O4. The molecule has 0 heterocycles. The summed E-state index contributed by atoms with van der Waals surface area (Å²) < 4.78 is 10.5. The van der Waals surface area contributed by atoms with Gasteiger partial charge >= 0.3 is 5.97 Å². The fourth-order valence-electron chi connectivity index (χ4n) is 2.05. The first-order chi connectivity index (χ1) is 9.13. The van der Waals surface area contributed by atoms with Crippen molar-refractivity contribution in [3.05, 3.63) is 28.8 Å². The summed E-state index contributed by atoms with van der Waals surface area (Å²) in [5.74, 6) is 5.06. The van der Waals surface area contributed by atoms with Crippen LogP contribution >= 0.6 is 0 Å². The highest BCUT2D eigenvalue weighted by Gasteiger charge is 2.14. The SMILES string of the molecule is COc1cc2c(cc1OC)CCC(C#CC(=O)O)=C2. The quantitative estimate of drug-likeness (QED) is 0.825. The number of benzene rings is 1. The molecule has 0 fully saturated rings. The van der Waals surface area contributed by atoms with Gasteiger partial charge < -0.3 is 14.6 Å². The number of ether oxygens (including phenoxy) is 2. The third kappa shape index (κ3) is 2.89. The number of fused-ring (bicyclic) bond motifs is 1. The normalized spacial score (nSPS) is 12.6. The Kier molecular flexibility index (Phi) is 3.76. The molecule has 0 unspecified atom stereocenters. The minimum absolute atomic E-state index is 0.657. The summed E-state index contributed by atoms with van der Waals surface area (Å²) in [7, 11) is 3.19. The summed E-state index contributed by atoms with van der Waals surface area (Å²) >= 11 is 0. The summed E-state index contributed by atoms with van der Waals surface area (Å²) in [4.78, 5) is 10.4. The zero-order valence-corrected chi connectivity index (χ0v) is 10.8. The Hall–Kier alpha value is -2.41. The molecule has 0 amide bonds. The molecule has 0 saturated heterocycles. The van der Waals surface area contributed by atoms with Gasteiger partial charge in [0.05, 0.1) is 14.2 Å². The van der Waals surface area contributed by atoms with Crippen LogP contribution in [0.4, 0.5) is 0 Å². The smallest absolute Gasteiger partial charge is 0.382 e. The summed E-state index contributed by atoms with van der Waals surface area (Å²) in [6.45, 7) is 0. The van der Waals surface area contributed by atoms with Gasteiger partial charge in [0.25, 0.3) is 0 Å². The lowest BCUT2D eigenvalue weighted by molar-refractivity contribution is -0.130. The van der Waals surface area contributed by atoms with Crippen molar-refractivity contribution in [2.75, 3.05) is 14.2 Å². The Balaban J connectivity index is 2.40. The first-order valence-corrected chi connectivity index (χ1v) is 5.84. The Morgan fingerprint density at radius 2 is 1.89 bits per heavy atom. The van der Waals surface area contributed by atoms with E-state index in [0.29, 0.717) is 11.5 Å². The van der Waals surface area contributed by atoms with Gasteiger partial charge in [-0.05, 0) is 42.2 Å². The van der Waals surface area contributed by atoms with E-state index < -0.39 is 5.97 Å². The average Bonchev–Trinajstić information content (AvgIpc) is 2.43. The van der Waals surface area contributed by atoms with Crippen LogP contribution in [-0.2, 0) is 11.2 Å². The molecule has 1 aromatic rings. The fraction of sp³-hybridized carbons (Fsp3) is 0.267. The van der Waals surface area contributed by atoms with Crippen LogP contribution in [-0.4, -0.2) is 25.3 Å². The number of aliphatic carboxylic acids is 1. The molecule has 1 aliphatic rings. The molecule has 4 nitrogen and oxygen atoms in total.